The first-order valence-electron chi connectivity index (χ1n) is 23.7. The van der Waals surface area contributed by atoms with Crippen LogP contribution in [0.3, 0.4) is 0 Å². The molecule has 0 aliphatic rings. The summed E-state index contributed by atoms with van der Waals surface area (Å²) in [7, 11) is 0. The largest absolute Gasteiger partial charge is 0.394 e. The molecule has 0 unspecified atom stereocenters. The predicted octanol–water partition coefficient (Wildman–Crippen LogP) is 5.23. The molecule has 0 heterocycles. The smallest absolute Gasteiger partial charge is 0.345 e. The highest BCUT2D eigenvalue weighted by atomic mass is 16.6. The number of ether oxygens (including phenoxy) is 1. The van der Waals surface area contributed by atoms with Crippen molar-refractivity contribution in [3.63, 3.8) is 0 Å². The Balaban J connectivity index is 5.87. The van der Waals surface area contributed by atoms with Crippen molar-refractivity contribution in [1.29, 1.82) is 0 Å². The molecule has 0 fully saturated rings. The van der Waals surface area contributed by atoms with Gasteiger partial charge in [-0.15, -0.1) is 0 Å². The molecular weight excluding hydrogens is 776 g/mol. The summed E-state index contributed by atoms with van der Waals surface area (Å²) in [5, 5.41) is 101. The second-order valence-electron chi connectivity index (χ2n) is 17.2. The molecule has 0 bridgehead atoms. The Morgan fingerprint density at radius 1 is 0.400 bits per heavy atom. The van der Waals surface area contributed by atoms with E-state index in [1.165, 1.54) is 89.9 Å². The molecule has 14 heteroatoms. The number of Topliss-reactive ketones (excluding diaryl/α,β-unsaturated/α-hetero) is 1. The summed E-state index contributed by atoms with van der Waals surface area (Å²) in [5.41, 5.74) is -2.28. The van der Waals surface area contributed by atoms with Crippen molar-refractivity contribution in [1.82, 2.24) is 0 Å². The normalized spacial score (nSPS) is 16.1. The molecule has 0 saturated heterocycles. The Bertz CT molecular complexity index is 1030. The Hall–Kier alpha value is -1.59. The zero-order valence-corrected chi connectivity index (χ0v) is 37.4. The van der Waals surface area contributed by atoms with Crippen molar-refractivity contribution in [2.75, 3.05) is 13.2 Å². The standard InChI is InChI=1S/C46H88O14/c1-3-5-7-9-11-13-15-17-19-21-23-25-27-29-31-46(43(57)41(55)39(53)37(51)35(49)33-47,45(59)60-44(58)42(56)40(54)38(52)36(50)34-48)32-30-28-26-24-22-20-18-16-14-12-10-8-6-4-2/h35-42,47-56H,3-34H2,1-2H3/t35-,36-,37-,38-,39+,40+,41-,42-/m1/s1. The summed E-state index contributed by atoms with van der Waals surface area (Å²) in [5.74, 6) is -4.53. The second-order valence-corrected chi connectivity index (χ2v) is 17.2. The number of unbranched alkanes of at least 4 members (excludes halogenated alkanes) is 26. The summed E-state index contributed by atoms with van der Waals surface area (Å²) >= 11 is 0. The fraction of sp³-hybridized carbons (Fsp3) is 0.935. The van der Waals surface area contributed by atoms with Crippen molar-refractivity contribution in [2.45, 2.75) is 255 Å². The van der Waals surface area contributed by atoms with Crippen LogP contribution in [0, 0.1) is 5.41 Å². The van der Waals surface area contributed by atoms with Crippen LogP contribution in [0.15, 0.2) is 0 Å². The van der Waals surface area contributed by atoms with Crippen molar-refractivity contribution in [3.8, 4) is 0 Å². The van der Waals surface area contributed by atoms with Crippen LogP contribution < -0.4 is 0 Å². The van der Waals surface area contributed by atoms with Gasteiger partial charge in [0, 0.05) is 0 Å². The zero-order chi connectivity index (χ0) is 45.2. The van der Waals surface area contributed by atoms with Gasteiger partial charge in [0.25, 0.3) is 0 Å². The van der Waals surface area contributed by atoms with Gasteiger partial charge in [-0.05, 0) is 12.8 Å². The van der Waals surface area contributed by atoms with Crippen LogP contribution in [0.2, 0.25) is 0 Å². The van der Waals surface area contributed by atoms with Gasteiger partial charge in [0.1, 0.15) is 48.1 Å². The topological polar surface area (TPSA) is 263 Å². The molecule has 0 aliphatic heterocycles. The van der Waals surface area contributed by atoms with E-state index in [-0.39, 0.29) is 25.7 Å². The first-order chi connectivity index (χ1) is 28.8. The fourth-order valence-corrected chi connectivity index (χ4v) is 7.79. The lowest BCUT2D eigenvalue weighted by Crippen LogP contribution is -2.55. The van der Waals surface area contributed by atoms with Gasteiger partial charge in [-0.3, -0.25) is 9.59 Å². The van der Waals surface area contributed by atoms with Crippen molar-refractivity contribution < 1.29 is 70.2 Å². The number of carbonyl (C=O) groups excluding carboxylic acids is 3. The third kappa shape index (κ3) is 24.3. The van der Waals surface area contributed by atoms with Gasteiger partial charge >= 0.3 is 11.9 Å². The molecule has 356 valence electrons. The molecule has 10 N–H and O–H groups in total. The van der Waals surface area contributed by atoms with Gasteiger partial charge in [0.15, 0.2) is 11.9 Å². The van der Waals surface area contributed by atoms with E-state index in [0.717, 1.165) is 64.2 Å². The number of ketones is 1. The van der Waals surface area contributed by atoms with E-state index >= 15 is 0 Å². The Labute approximate surface area is 361 Å². The summed E-state index contributed by atoms with van der Waals surface area (Å²) in [6, 6.07) is 0. The van der Waals surface area contributed by atoms with E-state index in [1.54, 1.807) is 0 Å². The van der Waals surface area contributed by atoms with Crippen molar-refractivity contribution >= 4 is 17.7 Å². The molecule has 0 amide bonds. The van der Waals surface area contributed by atoms with E-state index in [9.17, 15) is 60.3 Å². The quantitative estimate of drug-likeness (QED) is 0.0214. The van der Waals surface area contributed by atoms with E-state index < -0.39 is 85.2 Å². The van der Waals surface area contributed by atoms with E-state index in [1.807, 2.05) is 0 Å². The number of rotatable bonds is 42. The Morgan fingerprint density at radius 2 is 0.667 bits per heavy atom. The molecule has 0 saturated carbocycles. The van der Waals surface area contributed by atoms with E-state index in [2.05, 4.69) is 13.8 Å². The number of aliphatic hydroxyl groups is 10. The number of aliphatic hydroxyl groups excluding tert-OH is 10. The molecule has 0 spiro atoms. The first kappa shape index (κ1) is 58.4. The second kappa shape index (κ2) is 36.8. The maximum atomic E-state index is 14.2. The molecule has 0 radical (unpaired) electrons. The average Bonchev–Trinajstić information content (AvgIpc) is 3.25. The lowest BCUT2D eigenvalue weighted by Gasteiger charge is -2.34. The van der Waals surface area contributed by atoms with Gasteiger partial charge in [0.05, 0.1) is 13.2 Å². The van der Waals surface area contributed by atoms with Gasteiger partial charge in [-0.1, -0.05) is 194 Å². The molecule has 0 aromatic rings. The van der Waals surface area contributed by atoms with Crippen LogP contribution in [-0.4, -0.2) is 131 Å². The molecule has 0 rings (SSSR count). The van der Waals surface area contributed by atoms with Crippen LogP contribution in [0.25, 0.3) is 0 Å². The minimum atomic E-state index is -2.59. The molecule has 0 aliphatic carbocycles. The summed E-state index contributed by atoms with van der Waals surface area (Å²) in [4.78, 5) is 41.3. The first-order valence-corrected chi connectivity index (χ1v) is 23.7. The number of esters is 2. The van der Waals surface area contributed by atoms with Crippen molar-refractivity contribution in [2.24, 2.45) is 5.41 Å². The minimum Gasteiger partial charge on any atom is -0.394 e. The SMILES string of the molecule is CCCCCCCCCCCCCCCCC(CCCCCCCCCCCCCCCC)(C(=O)OC(=O)[C@H](O)[C@@H](O)[C@H](O)[C@H](O)CO)C(=O)[C@H](O)[C@@H](O)[C@H](O)[C@H](O)CO. The molecule has 0 aromatic carbocycles. The number of hydrogen-bond acceptors (Lipinski definition) is 14. The summed E-state index contributed by atoms with van der Waals surface area (Å²) in [6.07, 6.45) is 10.6. The lowest BCUT2D eigenvalue weighted by atomic mass is 9.71. The molecular formula is C46H88O14. The van der Waals surface area contributed by atoms with Gasteiger partial charge in [-0.2, -0.15) is 0 Å². The average molecular weight is 865 g/mol. The highest BCUT2D eigenvalue weighted by Crippen LogP contribution is 2.37. The lowest BCUT2D eigenvalue weighted by molar-refractivity contribution is -0.185. The minimum absolute atomic E-state index is 0.235. The van der Waals surface area contributed by atoms with Gasteiger partial charge in [-0.25, -0.2) is 4.79 Å². The maximum Gasteiger partial charge on any atom is 0.345 e. The van der Waals surface area contributed by atoms with Crippen LogP contribution in [-0.2, 0) is 19.1 Å². The van der Waals surface area contributed by atoms with Gasteiger partial charge < -0.3 is 55.8 Å². The zero-order valence-electron chi connectivity index (χ0n) is 37.4. The maximum absolute atomic E-state index is 14.2. The number of hydrogen-bond donors (Lipinski definition) is 10. The highest BCUT2D eigenvalue weighted by molar-refractivity contribution is 6.08. The summed E-state index contributed by atoms with van der Waals surface area (Å²) in [6.45, 7) is 2.38. The molecule has 60 heavy (non-hydrogen) atoms. The predicted molar refractivity (Wildman–Crippen MR) is 231 cm³/mol. The third-order valence-corrected chi connectivity index (χ3v) is 12.0. The molecule has 14 nitrogen and oxygen atoms in total. The highest BCUT2D eigenvalue weighted by Gasteiger charge is 2.52. The van der Waals surface area contributed by atoms with Crippen LogP contribution in [0.5, 0.6) is 0 Å². The molecule has 0 aromatic heterocycles. The third-order valence-electron chi connectivity index (χ3n) is 12.0. The Morgan fingerprint density at radius 3 is 0.950 bits per heavy atom. The van der Waals surface area contributed by atoms with Crippen LogP contribution in [0.1, 0.15) is 206 Å². The van der Waals surface area contributed by atoms with Crippen LogP contribution in [0.4, 0.5) is 0 Å². The fourth-order valence-electron chi connectivity index (χ4n) is 7.79. The van der Waals surface area contributed by atoms with E-state index in [0.29, 0.717) is 12.8 Å². The van der Waals surface area contributed by atoms with E-state index in [4.69, 9.17) is 9.84 Å². The number of carbonyl (C=O) groups is 3. The van der Waals surface area contributed by atoms with Gasteiger partial charge in [0.2, 0.25) is 0 Å². The van der Waals surface area contributed by atoms with Crippen molar-refractivity contribution in [3.05, 3.63) is 0 Å². The van der Waals surface area contributed by atoms with Crippen LogP contribution >= 0.6 is 0 Å². The monoisotopic (exact) mass is 865 g/mol. The molecule has 8 atom stereocenters. The Kier molecular flexibility index (Phi) is 35.9. The summed E-state index contributed by atoms with van der Waals surface area (Å²) < 4.78 is 4.97.